The van der Waals surface area contributed by atoms with Crippen LogP contribution in [0.1, 0.15) is 6.92 Å². The van der Waals surface area contributed by atoms with E-state index in [9.17, 15) is 4.79 Å². The number of carbonyl (C=O) groups is 1. The molecule has 0 aliphatic carbocycles. The van der Waals surface area contributed by atoms with Crippen LogP contribution in [0.2, 0.25) is 0 Å². The van der Waals surface area contributed by atoms with Crippen molar-refractivity contribution in [2.45, 2.75) is 13.0 Å². The van der Waals surface area contributed by atoms with Crippen LogP contribution in [0.15, 0.2) is 23.3 Å². The Labute approximate surface area is 82.0 Å². The molecule has 1 rings (SSSR count). The summed E-state index contributed by atoms with van der Waals surface area (Å²) >= 11 is 5.56. The van der Waals surface area contributed by atoms with Gasteiger partial charge in [0.25, 0.3) is 0 Å². The summed E-state index contributed by atoms with van der Waals surface area (Å²) in [7, 11) is 0. The van der Waals surface area contributed by atoms with Gasteiger partial charge in [0.1, 0.15) is 12.7 Å². The van der Waals surface area contributed by atoms with E-state index in [0.29, 0.717) is 18.2 Å². The van der Waals surface area contributed by atoms with Crippen LogP contribution in [-0.4, -0.2) is 25.3 Å². The number of rotatable bonds is 4. The van der Waals surface area contributed by atoms with Gasteiger partial charge in [0.15, 0.2) is 0 Å². The summed E-state index contributed by atoms with van der Waals surface area (Å²) < 4.78 is 9.73. The summed E-state index contributed by atoms with van der Waals surface area (Å²) in [6, 6.07) is 0. The molecule has 0 N–H and O–H groups in total. The number of esters is 1. The summed E-state index contributed by atoms with van der Waals surface area (Å²) in [5, 5.41) is 0.504. The first kappa shape index (κ1) is 10.3. The van der Waals surface area contributed by atoms with Gasteiger partial charge in [-0.25, -0.2) is 4.79 Å². The third-order valence-electron chi connectivity index (χ3n) is 1.44. The van der Waals surface area contributed by atoms with Crippen molar-refractivity contribution in [1.82, 2.24) is 0 Å². The van der Waals surface area contributed by atoms with E-state index in [1.165, 1.54) is 6.08 Å². The maximum absolute atomic E-state index is 11.1. The van der Waals surface area contributed by atoms with E-state index in [2.05, 4.69) is 6.58 Å². The van der Waals surface area contributed by atoms with Crippen LogP contribution in [0, 0.1) is 0 Å². The standard InChI is InChI=1S/C9H11ClO3/c1-6(3-7(2)10)9(11)13-5-8-4-12-8/h3,8H,1,4-5H2,2H3. The first-order valence-corrected chi connectivity index (χ1v) is 4.29. The third kappa shape index (κ3) is 4.10. The minimum atomic E-state index is -0.449. The lowest BCUT2D eigenvalue weighted by atomic mass is 10.3. The van der Waals surface area contributed by atoms with Gasteiger partial charge in [0.2, 0.25) is 0 Å². The van der Waals surface area contributed by atoms with Crippen molar-refractivity contribution in [2.75, 3.05) is 13.2 Å². The smallest absolute Gasteiger partial charge is 0.337 e. The number of carbonyl (C=O) groups excluding carboxylic acids is 1. The molecule has 0 amide bonds. The fraction of sp³-hybridized carbons (Fsp3) is 0.444. The highest BCUT2D eigenvalue weighted by Crippen LogP contribution is 2.11. The Morgan fingerprint density at radius 2 is 2.46 bits per heavy atom. The van der Waals surface area contributed by atoms with Crippen LogP contribution < -0.4 is 0 Å². The fourth-order valence-electron chi connectivity index (χ4n) is 0.725. The lowest BCUT2D eigenvalue weighted by molar-refractivity contribution is -0.139. The topological polar surface area (TPSA) is 38.8 Å². The van der Waals surface area contributed by atoms with E-state index in [1.54, 1.807) is 6.92 Å². The molecule has 13 heavy (non-hydrogen) atoms. The zero-order valence-corrected chi connectivity index (χ0v) is 8.13. The normalized spacial score (nSPS) is 21.1. The molecule has 3 nitrogen and oxygen atoms in total. The minimum absolute atomic E-state index is 0.0813. The Hall–Kier alpha value is -0.800. The average Bonchev–Trinajstić information content (AvgIpc) is 2.81. The van der Waals surface area contributed by atoms with E-state index in [1.807, 2.05) is 0 Å². The molecule has 4 heteroatoms. The highest BCUT2D eigenvalue weighted by atomic mass is 35.5. The molecule has 0 bridgehead atoms. The van der Waals surface area contributed by atoms with Gasteiger partial charge in [-0.15, -0.1) is 0 Å². The molecule has 1 atom stereocenters. The number of hydrogen-bond donors (Lipinski definition) is 0. The molecule has 1 unspecified atom stereocenters. The Balaban J connectivity index is 2.28. The first-order chi connectivity index (χ1) is 6.09. The highest BCUT2D eigenvalue weighted by Gasteiger charge is 2.24. The molecule has 0 aromatic heterocycles. The van der Waals surface area contributed by atoms with Gasteiger partial charge < -0.3 is 9.47 Å². The van der Waals surface area contributed by atoms with Gasteiger partial charge in [0.05, 0.1) is 12.2 Å². The largest absolute Gasteiger partial charge is 0.459 e. The van der Waals surface area contributed by atoms with E-state index >= 15 is 0 Å². The maximum atomic E-state index is 11.1. The van der Waals surface area contributed by atoms with Gasteiger partial charge in [-0.2, -0.15) is 0 Å². The van der Waals surface area contributed by atoms with Crippen LogP contribution in [0.5, 0.6) is 0 Å². The number of hydrogen-bond acceptors (Lipinski definition) is 3. The first-order valence-electron chi connectivity index (χ1n) is 3.91. The van der Waals surface area contributed by atoms with Gasteiger partial charge in [-0.3, -0.25) is 0 Å². The molecule has 1 aliphatic heterocycles. The number of epoxide rings is 1. The van der Waals surface area contributed by atoms with Crippen LogP contribution >= 0.6 is 11.6 Å². The monoisotopic (exact) mass is 202 g/mol. The predicted molar refractivity (Wildman–Crippen MR) is 49.4 cm³/mol. The van der Waals surface area contributed by atoms with Crippen LogP contribution in [0.25, 0.3) is 0 Å². The molecule has 1 aliphatic rings. The van der Waals surface area contributed by atoms with Gasteiger partial charge >= 0.3 is 5.97 Å². The summed E-state index contributed by atoms with van der Waals surface area (Å²) in [4.78, 5) is 11.1. The van der Waals surface area contributed by atoms with Crippen LogP contribution in [0.3, 0.4) is 0 Å². The zero-order valence-electron chi connectivity index (χ0n) is 7.38. The molecule has 0 spiro atoms. The van der Waals surface area contributed by atoms with Crippen molar-refractivity contribution in [2.24, 2.45) is 0 Å². The Kier molecular flexibility index (Phi) is 3.51. The number of ether oxygens (including phenoxy) is 2. The molecule has 1 saturated heterocycles. The highest BCUT2D eigenvalue weighted by molar-refractivity contribution is 6.29. The average molecular weight is 203 g/mol. The molecular formula is C9H11ClO3. The van der Waals surface area contributed by atoms with E-state index in [4.69, 9.17) is 21.1 Å². The lowest BCUT2D eigenvalue weighted by Gasteiger charge is -2.01. The summed E-state index contributed by atoms with van der Waals surface area (Å²) in [6.07, 6.45) is 1.55. The van der Waals surface area contributed by atoms with Gasteiger partial charge in [0, 0.05) is 5.03 Å². The van der Waals surface area contributed by atoms with Gasteiger partial charge in [-0.05, 0) is 13.0 Å². The molecule has 0 radical (unpaired) electrons. The predicted octanol–water partition coefficient (Wildman–Crippen LogP) is 1.63. The second-order valence-electron chi connectivity index (χ2n) is 2.81. The van der Waals surface area contributed by atoms with Crippen LogP contribution in [0.4, 0.5) is 0 Å². The third-order valence-corrected chi connectivity index (χ3v) is 1.55. The quantitative estimate of drug-likeness (QED) is 0.301. The maximum Gasteiger partial charge on any atom is 0.337 e. The number of halogens is 1. The Bertz CT molecular complexity index is 250. The molecule has 0 saturated carbocycles. The minimum Gasteiger partial charge on any atom is -0.459 e. The molecule has 1 heterocycles. The zero-order chi connectivity index (χ0) is 9.84. The molecule has 1 fully saturated rings. The van der Waals surface area contributed by atoms with Crippen molar-refractivity contribution in [1.29, 1.82) is 0 Å². The van der Waals surface area contributed by atoms with E-state index in [-0.39, 0.29) is 11.7 Å². The fourth-order valence-corrected chi connectivity index (χ4v) is 0.856. The van der Waals surface area contributed by atoms with E-state index < -0.39 is 5.97 Å². The number of allylic oxidation sites excluding steroid dienone is 1. The van der Waals surface area contributed by atoms with Gasteiger partial charge in [-0.1, -0.05) is 18.2 Å². The SMILES string of the molecule is C=C(C=C(C)Cl)C(=O)OCC1CO1. The lowest BCUT2D eigenvalue weighted by Crippen LogP contribution is -2.10. The Morgan fingerprint density at radius 1 is 1.85 bits per heavy atom. The molecular weight excluding hydrogens is 192 g/mol. The van der Waals surface area contributed by atoms with Crippen molar-refractivity contribution in [3.63, 3.8) is 0 Å². The molecule has 72 valence electrons. The van der Waals surface area contributed by atoms with Crippen molar-refractivity contribution in [3.05, 3.63) is 23.3 Å². The van der Waals surface area contributed by atoms with Crippen LogP contribution in [-0.2, 0) is 14.3 Å². The summed E-state index contributed by atoms with van der Waals surface area (Å²) in [5.74, 6) is -0.449. The second kappa shape index (κ2) is 4.44. The molecule has 0 aromatic rings. The van der Waals surface area contributed by atoms with Crippen molar-refractivity contribution in [3.8, 4) is 0 Å². The van der Waals surface area contributed by atoms with E-state index in [0.717, 1.165) is 0 Å². The summed E-state index contributed by atoms with van der Waals surface area (Å²) in [6.45, 7) is 6.16. The second-order valence-corrected chi connectivity index (χ2v) is 3.41. The van der Waals surface area contributed by atoms with Crippen molar-refractivity contribution < 1.29 is 14.3 Å². The Morgan fingerprint density at radius 3 is 2.92 bits per heavy atom. The van der Waals surface area contributed by atoms with Crippen molar-refractivity contribution >= 4 is 17.6 Å². The summed E-state index contributed by atoms with van der Waals surface area (Å²) in [5.41, 5.74) is 0.258. The molecule has 0 aromatic carbocycles.